The summed E-state index contributed by atoms with van der Waals surface area (Å²) in [6.45, 7) is 1.60. The van der Waals surface area contributed by atoms with Crippen LogP contribution < -0.4 is 5.11 Å². The van der Waals surface area contributed by atoms with E-state index in [2.05, 4.69) is 9.97 Å². The van der Waals surface area contributed by atoms with Crippen molar-refractivity contribution >= 4 is 39.3 Å². The van der Waals surface area contributed by atoms with E-state index in [1.807, 2.05) is 35.7 Å². The van der Waals surface area contributed by atoms with Crippen LogP contribution in [0.4, 0.5) is 0 Å². The fraction of sp³-hybridized carbons (Fsp3) is 0.133. The third-order valence-corrected chi connectivity index (χ3v) is 5.01. The van der Waals surface area contributed by atoms with Gasteiger partial charge in [-0.1, -0.05) is 42.1 Å². The van der Waals surface area contributed by atoms with Crippen LogP contribution in [0, 0.1) is 0 Å². The monoisotopic (exact) mass is 315 g/mol. The van der Waals surface area contributed by atoms with Gasteiger partial charge in [0, 0.05) is 16.2 Å². The molecule has 0 saturated carbocycles. The molecule has 106 valence electrons. The van der Waals surface area contributed by atoms with Gasteiger partial charge in [0.1, 0.15) is 16.2 Å². The second-order valence-electron chi connectivity index (χ2n) is 4.45. The van der Waals surface area contributed by atoms with Crippen molar-refractivity contribution in [3.05, 3.63) is 42.0 Å². The van der Waals surface area contributed by atoms with Crippen molar-refractivity contribution < 1.29 is 9.90 Å². The average molecular weight is 315 g/mol. The Morgan fingerprint density at radius 2 is 2.05 bits per heavy atom. The summed E-state index contributed by atoms with van der Waals surface area (Å²) >= 11 is 2.72. The Labute approximate surface area is 129 Å². The number of nitrogens with zero attached hydrogens (tertiary/aromatic N) is 2. The van der Waals surface area contributed by atoms with Gasteiger partial charge in [0.2, 0.25) is 0 Å². The van der Waals surface area contributed by atoms with E-state index in [9.17, 15) is 9.90 Å². The SMILES string of the molecule is C[C@H](Sc1ncnc2scc(-c3ccccc3)c12)C(=O)[O-]. The van der Waals surface area contributed by atoms with E-state index < -0.39 is 11.2 Å². The Bertz CT molecular complexity index is 787. The fourth-order valence-electron chi connectivity index (χ4n) is 1.98. The van der Waals surface area contributed by atoms with Crippen LogP contribution in [0.15, 0.2) is 47.1 Å². The van der Waals surface area contributed by atoms with Gasteiger partial charge in [-0.25, -0.2) is 9.97 Å². The number of aromatic nitrogens is 2. The lowest BCUT2D eigenvalue weighted by Crippen LogP contribution is -2.31. The van der Waals surface area contributed by atoms with E-state index >= 15 is 0 Å². The van der Waals surface area contributed by atoms with Crippen molar-refractivity contribution in [3.8, 4) is 11.1 Å². The Hall–Kier alpha value is -1.92. The molecule has 1 atom stereocenters. The van der Waals surface area contributed by atoms with Gasteiger partial charge < -0.3 is 9.90 Å². The van der Waals surface area contributed by atoms with Gasteiger partial charge in [-0.05, 0) is 12.5 Å². The summed E-state index contributed by atoms with van der Waals surface area (Å²) in [7, 11) is 0. The topological polar surface area (TPSA) is 65.9 Å². The Morgan fingerprint density at radius 3 is 2.76 bits per heavy atom. The maximum Gasteiger partial charge on any atom is 0.128 e. The maximum absolute atomic E-state index is 11.0. The largest absolute Gasteiger partial charge is 0.549 e. The molecule has 2 aromatic heterocycles. The Kier molecular flexibility index (Phi) is 3.90. The molecular formula is C15H11N2O2S2-. The number of thiophene rings is 1. The van der Waals surface area contributed by atoms with Gasteiger partial charge in [0.15, 0.2) is 0 Å². The molecule has 0 aliphatic carbocycles. The van der Waals surface area contributed by atoms with E-state index in [1.54, 1.807) is 6.92 Å². The van der Waals surface area contributed by atoms with Crippen LogP contribution in [-0.4, -0.2) is 21.2 Å². The lowest BCUT2D eigenvalue weighted by atomic mass is 10.1. The molecule has 0 fully saturated rings. The highest BCUT2D eigenvalue weighted by Gasteiger charge is 2.15. The van der Waals surface area contributed by atoms with Crippen molar-refractivity contribution in [3.63, 3.8) is 0 Å². The first-order valence-corrected chi connectivity index (χ1v) is 8.08. The molecule has 3 aromatic rings. The smallest absolute Gasteiger partial charge is 0.128 e. The minimum Gasteiger partial charge on any atom is -0.549 e. The predicted octanol–water partition coefficient (Wildman–Crippen LogP) is 2.59. The zero-order valence-electron chi connectivity index (χ0n) is 11.1. The number of benzene rings is 1. The number of carbonyl (C=O) groups is 1. The van der Waals surface area contributed by atoms with Gasteiger partial charge in [-0.3, -0.25) is 0 Å². The molecule has 0 saturated heterocycles. The van der Waals surface area contributed by atoms with E-state index in [0.29, 0.717) is 5.03 Å². The number of aliphatic carboxylic acids is 1. The number of fused-ring (bicyclic) bond motifs is 1. The first kappa shape index (κ1) is 14.0. The van der Waals surface area contributed by atoms with Gasteiger partial charge >= 0.3 is 0 Å². The lowest BCUT2D eigenvalue weighted by Gasteiger charge is -2.12. The molecule has 0 aliphatic rings. The molecule has 2 heterocycles. The van der Waals surface area contributed by atoms with Crippen LogP contribution in [-0.2, 0) is 4.79 Å². The fourth-order valence-corrected chi connectivity index (χ4v) is 3.83. The van der Waals surface area contributed by atoms with Crippen LogP contribution >= 0.6 is 23.1 Å². The molecule has 0 spiro atoms. The number of hydrogen-bond acceptors (Lipinski definition) is 6. The molecule has 21 heavy (non-hydrogen) atoms. The molecule has 6 heteroatoms. The summed E-state index contributed by atoms with van der Waals surface area (Å²) in [6, 6.07) is 9.94. The molecule has 4 nitrogen and oxygen atoms in total. The van der Waals surface area contributed by atoms with Crippen LogP contribution in [0.25, 0.3) is 21.3 Å². The first-order valence-electron chi connectivity index (χ1n) is 6.32. The third kappa shape index (κ3) is 2.77. The normalized spacial score (nSPS) is 12.4. The highest BCUT2D eigenvalue weighted by Crippen LogP contribution is 2.38. The van der Waals surface area contributed by atoms with Crippen molar-refractivity contribution in [2.75, 3.05) is 0 Å². The zero-order chi connectivity index (χ0) is 14.8. The number of carboxylic acid groups (broad SMARTS) is 1. The average Bonchev–Trinajstić information content (AvgIpc) is 2.93. The van der Waals surface area contributed by atoms with Crippen molar-refractivity contribution in [1.82, 2.24) is 9.97 Å². The number of carbonyl (C=O) groups excluding carboxylic acids is 1. The van der Waals surface area contributed by atoms with Crippen molar-refractivity contribution in [1.29, 1.82) is 0 Å². The summed E-state index contributed by atoms with van der Waals surface area (Å²) in [6.07, 6.45) is 1.47. The molecule has 0 unspecified atom stereocenters. The molecule has 0 bridgehead atoms. The summed E-state index contributed by atoms with van der Waals surface area (Å²) in [5.41, 5.74) is 2.10. The Balaban J connectivity index is 2.13. The summed E-state index contributed by atoms with van der Waals surface area (Å²) in [5, 5.41) is 13.9. The van der Waals surface area contributed by atoms with Crippen LogP contribution in [0.5, 0.6) is 0 Å². The summed E-state index contributed by atoms with van der Waals surface area (Å²) in [5.74, 6) is -1.09. The number of carboxylic acids is 1. The van der Waals surface area contributed by atoms with Crippen molar-refractivity contribution in [2.45, 2.75) is 17.2 Å². The first-order chi connectivity index (χ1) is 10.2. The lowest BCUT2D eigenvalue weighted by molar-refractivity contribution is -0.304. The van der Waals surface area contributed by atoms with E-state index in [1.165, 1.54) is 29.4 Å². The zero-order valence-corrected chi connectivity index (χ0v) is 12.8. The predicted molar refractivity (Wildman–Crippen MR) is 83.2 cm³/mol. The number of hydrogen-bond donors (Lipinski definition) is 0. The van der Waals surface area contributed by atoms with E-state index in [0.717, 1.165) is 21.3 Å². The van der Waals surface area contributed by atoms with Crippen LogP contribution in [0.3, 0.4) is 0 Å². The molecule has 0 N–H and O–H groups in total. The van der Waals surface area contributed by atoms with Gasteiger partial charge in [-0.2, -0.15) is 0 Å². The summed E-state index contributed by atoms with van der Waals surface area (Å²) in [4.78, 5) is 20.3. The third-order valence-electron chi connectivity index (χ3n) is 3.04. The van der Waals surface area contributed by atoms with Gasteiger partial charge in [-0.15, -0.1) is 11.3 Å². The van der Waals surface area contributed by atoms with E-state index in [4.69, 9.17) is 0 Å². The van der Waals surface area contributed by atoms with Crippen LogP contribution in [0.2, 0.25) is 0 Å². The second kappa shape index (κ2) is 5.83. The molecular weight excluding hydrogens is 304 g/mol. The van der Waals surface area contributed by atoms with Gasteiger partial charge in [0.05, 0.1) is 11.4 Å². The Morgan fingerprint density at radius 1 is 1.29 bits per heavy atom. The molecule has 0 amide bonds. The number of rotatable bonds is 4. The van der Waals surface area contributed by atoms with Crippen molar-refractivity contribution in [2.24, 2.45) is 0 Å². The van der Waals surface area contributed by atoms with E-state index in [-0.39, 0.29) is 0 Å². The minimum absolute atomic E-state index is 0.661. The molecule has 3 rings (SSSR count). The highest BCUT2D eigenvalue weighted by atomic mass is 32.2. The quantitative estimate of drug-likeness (QED) is 0.547. The summed E-state index contributed by atoms with van der Waals surface area (Å²) < 4.78 is 0. The molecule has 1 aromatic carbocycles. The minimum atomic E-state index is -1.09. The molecule has 0 aliphatic heterocycles. The maximum atomic E-state index is 11.0. The highest BCUT2D eigenvalue weighted by molar-refractivity contribution is 8.00. The standard InChI is InChI=1S/C15H12N2O2S2/c1-9(15(18)19)21-14-12-11(10-5-3-2-4-6-10)7-20-13(12)16-8-17-14/h2-9H,1H3,(H,18,19)/p-1/t9-/m0/s1. The van der Waals surface area contributed by atoms with Crippen LogP contribution in [0.1, 0.15) is 6.92 Å². The number of thioether (sulfide) groups is 1. The van der Waals surface area contributed by atoms with Gasteiger partial charge in [0.25, 0.3) is 0 Å². The second-order valence-corrected chi connectivity index (χ2v) is 6.64. The molecule has 0 radical (unpaired) electrons.